The van der Waals surface area contributed by atoms with Crippen LogP contribution in [0, 0.1) is 0 Å². The van der Waals surface area contributed by atoms with Crippen LogP contribution in [0.25, 0.3) is 0 Å². The maximum absolute atomic E-state index is 12.1. The van der Waals surface area contributed by atoms with E-state index in [1.165, 1.54) is 13.8 Å². The number of aliphatic hydroxyl groups is 2. The third-order valence-corrected chi connectivity index (χ3v) is 6.90. The Hall–Kier alpha value is 0.575. The van der Waals surface area contributed by atoms with Crippen LogP contribution in [-0.4, -0.2) is 56.9 Å². The van der Waals surface area contributed by atoms with E-state index in [2.05, 4.69) is 15.9 Å². The molecule has 1 rings (SSSR count). The SMILES string of the molecule is [B][C@@H]1O[C@H](CC(C)(CC)OP(=O)(O)C(C)(C)O)[C@@H](O)[C@H]1Br. The van der Waals surface area contributed by atoms with Gasteiger partial charge in [-0.25, -0.2) is 0 Å². The van der Waals surface area contributed by atoms with Crippen molar-refractivity contribution in [1.29, 1.82) is 0 Å². The van der Waals surface area contributed by atoms with E-state index in [9.17, 15) is 19.7 Å². The molecule has 1 saturated heterocycles. The van der Waals surface area contributed by atoms with Gasteiger partial charge in [-0.3, -0.25) is 4.57 Å². The maximum Gasteiger partial charge on any atom is 0.359 e. The summed E-state index contributed by atoms with van der Waals surface area (Å²) in [4.78, 5) is 9.50. The Morgan fingerprint density at radius 3 is 2.29 bits per heavy atom. The average Bonchev–Trinajstić information content (AvgIpc) is 2.55. The lowest BCUT2D eigenvalue weighted by atomic mass is 9.91. The minimum atomic E-state index is -4.25. The molecule has 1 aliphatic rings. The number of hydrogen-bond donors (Lipinski definition) is 3. The molecule has 21 heavy (non-hydrogen) atoms. The topological polar surface area (TPSA) is 96.2 Å². The van der Waals surface area contributed by atoms with E-state index in [4.69, 9.17) is 17.1 Å². The van der Waals surface area contributed by atoms with Gasteiger partial charge in [0.15, 0.2) is 5.34 Å². The number of halogens is 1. The van der Waals surface area contributed by atoms with Crippen LogP contribution in [0.2, 0.25) is 0 Å². The molecule has 0 bridgehead atoms. The molecule has 0 aromatic carbocycles. The molecule has 0 saturated carbocycles. The molecule has 0 aromatic heterocycles. The van der Waals surface area contributed by atoms with Gasteiger partial charge in [0.1, 0.15) is 7.85 Å². The Morgan fingerprint density at radius 2 is 1.95 bits per heavy atom. The summed E-state index contributed by atoms with van der Waals surface area (Å²) < 4.78 is 22.9. The molecule has 122 valence electrons. The number of ether oxygens (including phenoxy) is 1. The zero-order valence-electron chi connectivity index (χ0n) is 12.7. The summed E-state index contributed by atoms with van der Waals surface area (Å²) in [6.45, 7) is 5.87. The molecule has 0 aromatic rings. The zero-order valence-corrected chi connectivity index (χ0v) is 15.2. The molecule has 6 atom stereocenters. The Balaban J connectivity index is 2.85. The van der Waals surface area contributed by atoms with Crippen LogP contribution in [0.4, 0.5) is 0 Å². The number of alkyl halides is 1. The quantitative estimate of drug-likeness (QED) is 0.365. The highest BCUT2D eigenvalue weighted by atomic mass is 79.9. The van der Waals surface area contributed by atoms with E-state index < -0.39 is 41.6 Å². The average molecular weight is 385 g/mol. The Morgan fingerprint density at radius 1 is 1.43 bits per heavy atom. The molecule has 0 spiro atoms. The number of rotatable bonds is 6. The lowest BCUT2D eigenvalue weighted by Gasteiger charge is -2.36. The van der Waals surface area contributed by atoms with Crippen molar-refractivity contribution in [2.24, 2.45) is 0 Å². The van der Waals surface area contributed by atoms with Crippen LogP contribution in [0.15, 0.2) is 0 Å². The first-order valence-electron chi connectivity index (χ1n) is 6.82. The van der Waals surface area contributed by atoms with Gasteiger partial charge in [-0.15, -0.1) is 0 Å². The fourth-order valence-corrected chi connectivity index (χ4v) is 3.50. The molecular weight excluding hydrogens is 362 g/mol. The highest BCUT2D eigenvalue weighted by Crippen LogP contribution is 2.57. The Kier molecular flexibility index (Phi) is 6.16. The second-order valence-electron chi connectivity index (χ2n) is 6.19. The lowest BCUT2D eigenvalue weighted by Crippen LogP contribution is -2.39. The van der Waals surface area contributed by atoms with E-state index in [1.54, 1.807) is 13.8 Å². The molecule has 2 radical (unpaired) electrons. The minimum absolute atomic E-state index is 0.182. The molecule has 3 N–H and O–H groups in total. The summed E-state index contributed by atoms with van der Waals surface area (Å²) >= 11 is 3.25. The molecule has 1 aliphatic heterocycles. The fourth-order valence-electron chi connectivity index (χ4n) is 2.01. The van der Waals surface area contributed by atoms with Crippen molar-refractivity contribution in [3.05, 3.63) is 0 Å². The van der Waals surface area contributed by atoms with E-state index >= 15 is 0 Å². The highest BCUT2D eigenvalue weighted by molar-refractivity contribution is 9.09. The van der Waals surface area contributed by atoms with Crippen molar-refractivity contribution < 1.29 is 28.9 Å². The van der Waals surface area contributed by atoms with E-state index in [-0.39, 0.29) is 6.42 Å². The summed E-state index contributed by atoms with van der Waals surface area (Å²) in [5, 5.41) is 17.9. The Labute approximate surface area is 135 Å². The molecule has 2 unspecified atom stereocenters. The third kappa shape index (κ3) is 4.53. The first kappa shape index (κ1) is 19.6. The molecule has 0 amide bonds. The maximum atomic E-state index is 12.1. The second kappa shape index (κ2) is 6.60. The fraction of sp³-hybridized carbons (Fsp3) is 1.00. The first-order chi connectivity index (χ1) is 9.33. The van der Waals surface area contributed by atoms with E-state index in [0.717, 1.165) is 0 Å². The number of hydrogen-bond acceptors (Lipinski definition) is 5. The predicted octanol–water partition coefficient (Wildman–Crippen LogP) is 1.49. The van der Waals surface area contributed by atoms with Crippen molar-refractivity contribution in [2.45, 2.75) is 74.5 Å². The summed E-state index contributed by atoms with van der Waals surface area (Å²) in [6.07, 6.45) is -0.866. The minimum Gasteiger partial charge on any atom is -0.389 e. The van der Waals surface area contributed by atoms with E-state index in [0.29, 0.717) is 6.42 Å². The van der Waals surface area contributed by atoms with Gasteiger partial charge in [-0.2, -0.15) is 0 Å². The van der Waals surface area contributed by atoms with Gasteiger partial charge in [0, 0.05) is 12.4 Å². The molecule has 1 heterocycles. The smallest absolute Gasteiger partial charge is 0.359 e. The van der Waals surface area contributed by atoms with Crippen LogP contribution in [0.3, 0.4) is 0 Å². The van der Waals surface area contributed by atoms with Crippen molar-refractivity contribution >= 4 is 31.4 Å². The van der Waals surface area contributed by atoms with Crippen molar-refractivity contribution in [3.8, 4) is 0 Å². The predicted molar refractivity (Wildman–Crippen MR) is 83.7 cm³/mol. The van der Waals surface area contributed by atoms with Gasteiger partial charge in [0.2, 0.25) is 0 Å². The van der Waals surface area contributed by atoms with Crippen LogP contribution in [0.1, 0.15) is 40.5 Å². The second-order valence-corrected chi connectivity index (χ2v) is 9.56. The van der Waals surface area contributed by atoms with Gasteiger partial charge in [-0.05, 0) is 27.2 Å². The first-order valence-corrected chi connectivity index (χ1v) is 9.31. The van der Waals surface area contributed by atoms with Gasteiger partial charge >= 0.3 is 7.60 Å². The summed E-state index contributed by atoms with van der Waals surface area (Å²) in [5.41, 5.74) is -1.04. The highest BCUT2D eigenvalue weighted by Gasteiger charge is 2.48. The summed E-state index contributed by atoms with van der Waals surface area (Å²) in [7, 11) is 1.46. The molecule has 1 fully saturated rings. The van der Waals surface area contributed by atoms with Crippen molar-refractivity contribution in [1.82, 2.24) is 0 Å². The monoisotopic (exact) mass is 384 g/mol. The standard InChI is InChI=1S/C12H23BBrO6P/c1-5-12(4,20-21(17,18)11(2,3)16)6-7-9(15)8(14)10(13)19-7/h7-10,15-16H,5-6H2,1-4H3,(H,17,18)/t7-,8-,9-,10-,12?/m1/s1. The van der Waals surface area contributed by atoms with Gasteiger partial charge in [0.25, 0.3) is 0 Å². The van der Waals surface area contributed by atoms with Crippen molar-refractivity contribution in [2.75, 3.05) is 0 Å². The Bertz CT molecular complexity index is 417. The summed E-state index contributed by atoms with van der Waals surface area (Å²) in [5.74, 6) is 0. The largest absolute Gasteiger partial charge is 0.389 e. The third-order valence-electron chi connectivity index (χ3n) is 3.77. The molecular formula is C12H23BBrO6P. The van der Waals surface area contributed by atoms with Crippen LogP contribution < -0.4 is 0 Å². The van der Waals surface area contributed by atoms with Crippen molar-refractivity contribution in [3.63, 3.8) is 0 Å². The normalized spacial score (nSPS) is 36.2. The summed E-state index contributed by atoms with van der Waals surface area (Å²) in [6, 6.07) is -0.652. The number of aliphatic hydroxyl groups excluding tert-OH is 1. The molecule has 0 aliphatic carbocycles. The van der Waals surface area contributed by atoms with E-state index in [1.807, 2.05) is 0 Å². The van der Waals surface area contributed by atoms with Crippen LogP contribution in [-0.2, 0) is 13.8 Å². The van der Waals surface area contributed by atoms with Gasteiger partial charge < -0.3 is 24.4 Å². The lowest BCUT2D eigenvalue weighted by molar-refractivity contribution is -0.0412. The van der Waals surface area contributed by atoms with Gasteiger partial charge in [0.05, 0.1) is 22.6 Å². The molecule has 6 nitrogen and oxygen atoms in total. The van der Waals surface area contributed by atoms with Crippen LogP contribution >= 0.6 is 23.5 Å². The van der Waals surface area contributed by atoms with Gasteiger partial charge in [-0.1, -0.05) is 22.9 Å². The zero-order chi connectivity index (χ0) is 16.6. The van der Waals surface area contributed by atoms with Crippen LogP contribution in [0.5, 0.6) is 0 Å². The molecule has 9 heteroatoms.